The van der Waals surface area contributed by atoms with Gasteiger partial charge < -0.3 is 9.84 Å². The molecule has 0 heterocycles. The largest absolute Gasteiger partial charge is 0.356 e. The van der Waals surface area contributed by atoms with Gasteiger partial charge in [0, 0.05) is 24.4 Å². The summed E-state index contributed by atoms with van der Waals surface area (Å²) >= 11 is 0. The third kappa shape index (κ3) is 4.47. The molecule has 0 bridgehead atoms. The lowest BCUT2D eigenvalue weighted by atomic mass is 9.92. The molecular formula is C17H22F2N2O2. The smallest absolute Gasteiger partial charge is 0.214 e. The Morgan fingerprint density at radius 3 is 2.52 bits per heavy atom. The summed E-state index contributed by atoms with van der Waals surface area (Å²) in [6.45, 7) is 5.71. The molecule has 1 aromatic carbocycles. The van der Waals surface area contributed by atoms with Crippen LogP contribution in [0.5, 0.6) is 0 Å². The predicted octanol–water partition coefficient (Wildman–Crippen LogP) is 2.82. The van der Waals surface area contributed by atoms with Crippen molar-refractivity contribution in [2.75, 3.05) is 6.54 Å². The Balaban J connectivity index is 2.13. The zero-order valence-corrected chi connectivity index (χ0v) is 13.6. The lowest BCUT2D eigenvalue weighted by Crippen LogP contribution is -2.42. The molecule has 1 aliphatic rings. The van der Waals surface area contributed by atoms with Crippen LogP contribution in [0.25, 0.3) is 0 Å². The van der Waals surface area contributed by atoms with E-state index < -0.39 is 29.1 Å². The number of halogens is 2. The Bertz CT molecular complexity index is 589. The van der Waals surface area contributed by atoms with Gasteiger partial charge in [-0.1, -0.05) is 0 Å². The van der Waals surface area contributed by atoms with Crippen molar-refractivity contribution in [3.8, 4) is 6.07 Å². The standard InChI is InChI=1S/C17H22F2N2O2/c1-16(2,3)23-15(22)21-10-17(9-11(17)4-5-20)12-6-13(18)8-14(19)7-12/h6-8,11,15,21-22H,4,9-10H2,1-3H3/t11-,15?,17+/m1/s1. The van der Waals surface area contributed by atoms with Gasteiger partial charge in [-0.15, -0.1) is 0 Å². The molecule has 0 aromatic heterocycles. The molecule has 0 amide bonds. The van der Waals surface area contributed by atoms with Gasteiger partial charge in [-0.2, -0.15) is 5.26 Å². The van der Waals surface area contributed by atoms with Crippen LogP contribution in [0.2, 0.25) is 0 Å². The Morgan fingerprint density at radius 1 is 1.39 bits per heavy atom. The molecule has 0 radical (unpaired) electrons. The van der Waals surface area contributed by atoms with Gasteiger partial charge in [-0.3, -0.25) is 5.32 Å². The third-order valence-corrected chi connectivity index (χ3v) is 4.06. The third-order valence-electron chi connectivity index (χ3n) is 4.06. The first-order valence-corrected chi connectivity index (χ1v) is 7.59. The average Bonchev–Trinajstić information content (AvgIpc) is 3.08. The molecule has 4 nitrogen and oxygen atoms in total. The first-order valence-electron chi connectivity index (χ1n) is 7.59. The summed E-state index contributed by atoms with van der Waals surface area (Å²) < 4.78 is 32.4. The number of aliphatic hydroxyl groups is 1. The number of hydrogen-bond acceptors (Lipinski definition) is 4. The van der Waals surface area contributed by atoms with Gasteiger partial charge in [0.05, 0.1) is 11.7 Å². The van der Waals surface area contributed by atoms with E-state index in [0.717, 1.165) is 6.07 Å². The maximum Gasteiger partial charge on any atom is 0.214 e. The molecule has 2 rings (SSSR count). The van der Waals surface area contributed by atoms with Crippen molar-refractivity contribution in [2.45, 2.75) is 51.0 Å². The Hall–Kier alpha value is -1.55. The SMILES string of the molecule is CC(C)(C)OC(O)NC[C@@]1(c2cc(F)cc(F)c2)C[C@H]1CC#N. The van der Waals surface area contributed by atoms with Crippen LogP contribution in [-0.4, -0.2) is 23.7 Å². The highest BCUT2D eigenvalue weighted by atomic mass is 19.1. The second kappa shape index (κ2) is 6.52. The van der Waals surface area contributed by atoms with Crippen molar-refractivity contribution in [2.24, 2.45) is 5.92 Å². The number of benzene rings is 1. The van der Waals surface area contributed by atoms with Crippen LogP contribution in [-0.2, 0) is 10.2 Å². The molecule has 23 heavy (non-hydrogen) atoms. The average molecular weight is 324 g/mol. The van der Waals surface area contributed by atoms with Crippen LogP contribution in [0.15, 0.2) is 18.2 Å². The Kier molecular flexibility index (Phi) is 5.04. The summed E-state index contributed by atoms with van der Waals surface area (Å²) in [5.41, 5.74) is -0.577. The zero-order valence-electron chi connectivity index (χ0n) is 13.6. The number of ether oxygens (including phenoxy) is 1. The number of nitriles is 1. The second-order valence-corrected chi connectivity index (χ2v) is 7.04. The first kappa shape index (κ1) is 17.8. The van der Waals surface area contributed by atoms with Crippen LogP contribution in [0.4, 0.5) is 8.78 Å². The van der Waals surface area contributed by atoms with Gasteiger partial charge in [-0.25, -0.2) is 8.78 Å². The van der Waals surface area contributed by atoms with Crippen molar-refractivity contribution in [1.82, 2.24) is 5.32 Å². The summed E-state index contributed by atoms with van der Waals surface area (Å²) in [4.78, 5) is 0. The number of hydrogen-bond donors (Lipinski definition) is 2. The molecule has 0 saturated heterocycles. The van der Waals surface area contributed by atoms with E-state index in [0.29, 0.717) is 18.4 Å². The summed E-state index contributed by atoms with van der Waals surface area (Å²) in [7, 11) is 0. The van der Waals surface area contributed by atoms with Crippen molar-refractivity contribution < 1.29 is 18.6 Å². The second-order valence-electron chi connectivity index (χ2n) is 7.04. The van der Waals surface area contributed by atoms with E-state index in [1.165, 1.54) is 12.1 Å². The van der Waals surface area contributed by atoms with Crippen molar-refractivity contribution in [1.29, 1.82) is 5.26 Å². The molecule has 1 aromatic rings. The molecule has 6 heteroatoms. The van der Waals surface area contributed by atoms with Crippen molar-refractivity contribution in [3.05, 3.63) is 35.4 Å². The lowest BCUT2D eigenvalue weighted by molar-refractivity contribution is -0.182. The van der Waals surface area contributed by atoms with Crippen molar-refractivity contribution in [3.63, 3.8) is 0 Å². The number of nitrogens with zero attached hydrogens (tertiary/aromatic N) is 1. The van der Waals surface area contributed by atoms with Gasteiger partial charge in [-0.05, 0) is 50.8 Å². The molecule has 1 aliphatic carbocycles. The van der Waals surface area contributed by atoms with Gasteiger partial charge in [0.2, 0.25) is 6.41 Å². The van der Waals surface area contributed by atoms with E-state index in [4.69, 9.17) is 10.00 Å². The van der Waals surface area contributed by atoms with Gasteiger partial charge >= 0.3 is 0 Å². The summed E-state index contributed by atoms with van der Waals surface area (Å²) in [6, 6.07) is 5.51. The fourth-order valence-corrected chi connectivity index (χ4v) is 2.92. The van der Waals surface area contributed by atoms with E-state index in [2.05, 4.69) is 11.4 Å². The highest BCUT2D eigenvalue weighted by Crippen LogP contribution is 2.55. The van der Waals surface area contributed by atoms with E-state index in [-0.39, 0.29) is 12.5 Å². The zero-order chi connectivity index (χ0) is 17.3. The topological polar surface area (TPSA) is 65.3 Å². The summed E-state index contributed by atoms with van der Waals surface area (Å²) in [6.07, 6.45) is -0.247. The highest BCUT2D eigenvalue weighted by Gasteiger charge is 2.55. The highest BCUT2D eigenvalue weighted by molar-refractivity contribution is 5.36. The van der Waals surface area contributed by atoms with E-state index in [1.54, 1.807) is 0 Å². The molecule has 1 fully saturated rings. The number of aliphatic hydroxyl groups excluding tert-OH is 1. The minimum Gasteiger partial charge on any atom is -0.356 e. The summed E-state index contributed by atoms with van der Waals surface area (Å²) in [5.74, 6) is -1.29. The molecule has 1 saturated carbocycles. The van der Waals surface area contributed by atoms with Crippen LogP contribution in [0.1, 0.15) is 39.2 Å². The predicted molar refractivity (Wildman–Crippen MR) is 81.2 cm³/mol. The minimum atomic E-state index is -1.19. The van der Waals surface area contributed by atoms with Gasteiger partial charge in [0.1, 0.15) is 11.6 Å². The normalized spacial score (nSPS) is 25.0. The summed E-state index contributed by atoms with van der Waals surface area (Å²) in [5, 5.41) is 21.7. The molecule has 126 valence electrons. The van der Waals surface area contributed by atoms with Crippen LogP contribution in [0, 0.1) is 28.9 Å². The number of rotatable bonds is 6. The first-order chi connectivity index (χ1) is 10.7. The van der Waals surface area contributed by atoms with E-state index in [9.17, 15) is 13.9 Å². The fraction of sp³-hybridized carbons (Fsp3) is 0.588. The quantitative estimate of drug-likeness (QED) is 0.790. The van der Waals surface area contributed by atoms with E-state index in [1.807, 2.05) is 20.8 Å². The molecule has 3 atom stereocenters. The monoisotopic (exact) mass is 324 g/mol. The van der Waals surface area contributed by atoms with Crippen LogP contribution >= 0.6 is 0 Å². The molecule has 0 spiro atoms. The van der Waals surface area contributed by atoms with Gasteiger partial charge in [0.15, 0.2) is 0 Å². The molecule has 1 unspecified atom stereocenters. The number of nitrogens with one attached hydrogen (secondary N) is 1. The van der Waals surface area contributed by atoms with E-state index >= 15 is 0 Å². The Labute approximate surface area is 135 Å². The van der Waals surface area contributed by atoms with Gasteiger partial charge in [0.25, 0.3) is 0 Å². The maximum absolute atomic E-state index is 13.5. The molecular weight excluding hydrogens is 302 g/mol. The Morgan fingerprint density at radius 2 is 2.00 bits per heavy atom. The maximum atomic E-state index is 13.5. The molecule has 0 aliphatic heterocycles. The van der Waals surface area contributed by atoms with Crippen LogP contribution < -0.4 is 5.32 Å². The minimum absolute atomic E-state index is 0.00281. The fourth-order valence-electron chi connectivity index (χ4n) is 2.92. The molecule has 2 N–H and O–H groups in total. The van der Waals surface area contributed by atoms with Crippen LogP contribution in [0.3, 0.4) is 0 Å². The van der Waals surface area contributed by atoms with Crippen molar-refractivity contribution >= 4 is 0 Å². The lowest BCUT2D eigenvalue weighted by Gasteiger charge is -2.27.